The van der Waals surface area contributed by atoms with Crippen molar-refractivity contribution in [2.24, 2.45) is 0 Å². The smallest absolute Gasteiger partial charge is 0.224 e. The summed E-state index contributed by atoms with van der Waals surface area (Å²) in [6, 6.07) is 11.8. The number of fused-ring (bicyclic) bond motifs is 1. The van der Waals surface area contributed by atoms with Crippen LogP contribution in [0.3, 0.4) is 0 Å². The maximum absolute atomic E-state index is 13.5. The van der Waals surface area contributed by atoms with Crippen molar-refractivity contribution >= 4 is 17.0 Å². The third kappa shape index (κ3) is 3.08. The summed E-state index contributed by atoms with van der Waals surface area (Å²) in [5.41, 5.74) is 2.74. The average Bonchev–Trinajstić information content (AvgIpc) is 2.95. The summed E-state index contributed by atoms with van der Waals surface area (Å²) >= 11 is 0. The molecule has 0 radical (unpaired) electrons. The third-order valence-corrected chi connectivity index (χ3v) is 3.19. The molecule has 0 fully saturated rings. The minimum atomic E-state index is -0.365. The Bertz CT molecular complexity index is 783. The Kier molecular flexibility index (Phi) is 3.64. The molecule has 1 heterocycles. The van der Waals surface area contributed by atoms with Gasteiger partial charge in [0, 0.05) is 6.54 Å². The number of aromatic nitrogens is 1. The van der Waals surface area contributed by atoms with E-state index in [-0.39, 0.29) is 18.1 Å². The maximum atomic E-state index is 13.5. The normalized spacial score (nSPS) is 10.7. The minimum Gasteiger partial charge on any atom is -0.443 e. The number of nitrogens with one attached hydrogen (secondary N) is 1. The van der Waals surface area contributed by atoms with Crippen molar-refractivity contribution in [1.29, 1.82) is 0 Å². The minimum absolute atomic E-state index is 0.0250. The molecule has 0 bridgehead atoms. The number of nitrogens with zero attached hydrogens (tertiary/aromatic N) is 1. The van der Waals surface area contributed by atoms with Crippen LogP contribution in [-0.2, 0) is 17.8 Å². The Morgan fingerprint density at radius 3 is 2.95 bits per heavy atom. The molecule has 5 heteroatoms. The lowest BCUT2D eigenvalue weighted by Gasteiger charge is -2.06. The second kappa shape index (κ2) is 5.75. The average molecular weight is 284 g/mol. The van der Waals surface area contributed by atoms with Crippen LogP contribution in [0.4, 0.5) is 4.39 Å². The first kappa shape index (κ1) is 13.3. The third-order valence-electron chi connectivity index (χ3n) is 3.19. The number of hydrogen-bond donors (Lipinski definition) is 1. The van der Waals surface area contributed by atoms with E-state index in [1.54, 1.807) is 18.2 Å². The van der Waals surface area contributed by atoms with Crippen LogP contribution in [0.15, 0.2) is 53.3 Å². The van der Waals surface area contributed by atoms with Crippen molar-refractivity contribution in [1.82, 2.24) is 10.3 Å². The fourth-order valence-corrected chi connectivity index (χ4v) is 2.09. The molecule has 1 aromatic heterocycles. The Labute approximate surface area is 120 Å². The molecule has 0 saturated carbocycles. The zero-order valence-corrected chi connectivity index (χ0v) is 11.2. The lowest BCUT2D eigenvalue weighted by Crippen LogP contribution is -2.24. The van der Waals surface area contributed by atoms with E-state index in [2.05, 4.69) is 10.3 Å². The van der Waals surface area contributed by atoms with Gasteiger partial charge in [-0.05, 0) is 29.3 Å². The molecule has 106 valence electrons. The van der Waals surface area contributed by atoms with Gasteiger partial charge in [0.1, 0.15) is 11.3 Å². The molecule has 0 aliphatic rings. The van der Waals surface area contributed by atoms with Gasteiger partial charge in [0.2, 0.25) is 5.91 Å². The largest absolute Gasteiger partial charge is 0.443 e. The Morgan fingerprint density at radius 1 is 1.24 bits per heavy atom. The molecule has 21 heavy (non-hydrogen) atoms. The van der Waals surface area contributed by atoms with Gasteiger partial charge in [-0.2, -0.15) is 0 Å². The summed E-state index contributed by atoms with van der Waals surface area (Å²) in [6.07, 6.45) is 1.41. The van der Waals surface area contributed by atoms with Crippen LogP contribution < -0.4 is 5.32 Å². The molecule has 3 aromatic rings. The van der Waals surface area contributed by atoms with Gasteiger partial charge in [-0.3, -0.25) is 4.79 Å². The first-order valence-electron chi connectivity index (χ1n) is 6.54. The van der Waals surface area contributed by atoms with E-state index in [0.717, 1.165) is 11.1 Å². The standard InChI is InChI=1S/C16H13FN2O2/c17-13-4-2-1-3-12(13)8-16(20)18-9-11-5-6-14-15(7-11)21-10-19-14/h1-7,10H,8-9H2,(H,18,20). The predicted octanol–water partition coefficient (Wildman–Crippen LogP) is 2.83. The van der Waals surface area contributed by atoms with Crippen molar-refractivity contribution in [2.75, 3.05) is 0 Å². The van der Waals surface area contributed by atoms with Crippen LogP contribution >= 0.6 is 0 Å². The zero-order chi connectivity index (χ0) is 14.7. The fraction of sp³-hybridized carbons (Fsp3) is 0.125. The van der Waals surface area contributed by atoms with E-state index in [0.29, 0.717) is 17.7 Å². The summed E-state index contributed by atoms with van der Waals surface area (Å²) < 4.78 is 18.7. The van der Waals surface area contributed by atoms with Crippen LogP contribution in [-0.4, -0.2) is 10.9 Å². The number of rotatable bonds is 4. The second-order valence-electron chi connectivity index (χ2n) is 4.70. The van der Waals surface area contributed by atoms with Crippen LogP contribution in [0.2, 0.25) is 0 Å². The van der Waals surface area contributed by atoms with Gasteiger partial charge in [0.05, 0.1) is 6.42 Å². The fourth-order valence-electron chi connectivity index (χ4n) is 2.09. The Balaban J connectivity index is 1.61. The van der Waals surface area contributed by atoms with E-state index in [9.17, 15) is 9.18 Å². The number of benzene rings is 2. The highest BCUT2D eigenvalue weighted by atomic mass is 19.1. The van der Waals surface area contributed by atoms with Crippen molar-refractivity contribution < 1.29 is 13.6 Å². The molecule has 2 aromatic carbocycles. The van der Waals surface area contributed by atoms with E-state index in [1.165, 1.54) is 12.5 Å². The summed E-state index contributed by atoms with van der Waals surface area (Å²) in [5, 5.41) is 2.76. The molecule has 0 aliphatic carbocycles. The molecular weight excluding hydrogens is 271 g/mol. The maximum Gasteiger partial charge on any atom is 0.224 e. The molecule has 1 amide bonds. The first-order valence-corrected chi connectivity index (χ1v) is 6.54. The molecule has 0 spiro atoms. The molecule has 0 atom stereocenters. The second-order valence-corrected chi connectivity index (χ2v) is 4.70. The number of halogens is 1. The van der Waals surface area contributed by atoms with E-state index >= 15 is 0 Å². The van der Waals surface area contributed by atoms with Gasteiger partial charge in [-0.15, -0.1) is 0 Å². The molecule has 0 unspecified atom stereocenters. The van der Waals surface area contributed by atoms with Gasteiger partial charge in [0.15, 0.2) is 12.0 Å². The van der Waals surface area contributed by atoms with Crippen molar-refractivity contribution in [3.05, 3.63) is 65.8 Å². The van der Waals surface area contributed by atoms with Crippen molar-refractivity contribution in [2.45, 2.75) is 13.0 Å². The first-order chi connectivity index (χ1) is 10.2. The van der Waals surface area contributed by atoms with Crippen molar-refractivity contribution in [3.63, 3.8) is 0 Å². The summed E-state index contributed by atoms with van der Waals surface area (Å²) in [7, 11) is 0. The van der Waals surface area contributed by atoms with E-state index < -0.39 is 0 Å². The van der Waals surface area contributed by atoms with E-state index in [4.69, 9.17) is 4.42 Å². The van der Waals surface area contributed by atoms with Gasteiger partial charge in [-0.1, -0.05) is 24.3 Å². The number of carbonyl (C=O) groups excluding carboxylic acids is 1. The zero-order valence-electron chi connectivity index (χ0n) is 11.2. The van der Waals surface area contributed by atoms with Crippen LogP contribution in [0.5, 0.6) is 0 Å². The highest BCUT2D eigenvalue weighted by molar-refractivity contribution is 5.79. The molecular formula is C16H13FN2O2. The van der Waals surface area contributed by atoms with E-state index in [1.807, 2.05) is 18.2 Å². The lowest BCUT2D eigenvalue weighted by molar-refractivity contribution is -0.120. The van der Waals surface area contributed by atoms with Crippen molar-refractivity contribution in [3.8, 4) is 0 Å². The molecule has 3 rings (SSSR count). The molecule has 0 saturated heterocycles. The number of oxazole rings is 1. The number of amides is 1. The molecule has 0 aliphatic heterocycles. The van der Waals surface area contributed by atoms with Gasteiger partial charge in [-0.25, -0.2) is 9.37 Å². The summed E-state index contributed by atoms with van der Waals surface area (Å²) in [5.74, 6) is -0.589. The summed E-state index contributed by atoms with van der Waals surface area (Å²) in [6.45, 7) is 0.365. The monoisotopic (exact) mass is 284 g/mol. The topological polar surface area (TPSA) is 55.1 Å². The lowest BCUT2D eigenvalue weighted by atomic mass is 10.1. The predicted molar refractivity (Wildman–Crippen MR) is 76.0 cm³/mol. The van der Waals surface area contributed by atoms with Gasteiger partial charge >= 0.3 is 0 Å². The SMILES string of the molecule is O=C(Cc1ccccc1F)NCc1ccc2ncoc2c1. The van der Waals surface area contributed by atoms with Gasteiger partial charge in [0.25, 0.3) is 0 Å². The van der Waals surface area contributed by atoms with Crippen LogP contribution in [0.25, 0.3) is 11.1 Å². The number of carbonyl (C=O) groups is 1. The highest BCUT2D eigenvalue weighted by Gasteiger charge is 2.08. The Hall–Kier alpha value is -2.69. The van der Waals surface area contributed by atoms with Crippen LogP contribution in [0, 0.1) is 5.82 Å². The number of hydrogen-bond acceptors (Lipinski definition) is 3. The molecule has 4 nitrogen and oxygen atoms in total. The van der Waals surface area contributed by atoms with Crippen LogP contribution in [0.1, 0.15) is 11.1 Å². The Morgan fingerprint density at radius 2 is 2.10 bits per heavy atom. The van der Waals surface area contributed by atoms with Gasteiger partial charge < -0.3 is 9.73 Å². The summed E-state index contributed by atoms with van der Waals surface area (Å²) in [4.78, 5) is 15.9. The highest BCUT2D eigenvalue weighted by Crippen LogP contribution is 2.14. The molecule has 1 N–H and O–H groups in total. The quantitative estimate of drug-likeness (QED) is 0.801.